The summed E-state index contributed by atoms with van der Waals surface area (Å²) in [5.41, 5.74) is 4.09. The van der Waals surface area contributed by atoms with Crippen LogP contribution in [-0.4, -0.2) is 21.9 Å². The number of aryl methyl sites for hydroxylation is 2. The molecule has 1 heterocycles. The molecule has 0 aromatic heterocycles. The van der Waals surface area contributed by atoms with E-state index >= 15 is 0 Å². The van der Waals surface area contributed by atoms with Gasteiger partial charge in [0.2, 0.25) is 0 Å². The molecule has 3 aromatic carbocycles. The molecule has 160 valence electrons. The summed E-state index contributed by atoms with van der Waals surface area (Å²) in [5, 5.41) is 21.4. The van der Waals surface area contributed by atoms with E-state index in [1.165, 1.54) is 28.2 Å². The van der Waals surface area contributed by atoms with E-state index in [2.05, 4.69) is 0 Å². The van der Waals surface area contributed by atoms with Crippen molar-refractivity contribution >= 4 is 23.1 Å². The molecule has 3 aromatic rings. The van der Waals surface area contributed by atoms with Crippen LogP contribution in [0.1, 0.15) is 41.1 Å². The Morgan fingerprint density at radius 2 is 1.59 bits per heavy atom. The predicted octanol–water partition coefficient (Wildman–Crippen LogP) is 4.90. The zero-order chi connectivity index (χ0) is 22.2. The number of amides is 1. The van der Waals surface area contributed by atoms with Crippen molar-refractivity contribution < 1.29 is 19.8 Å². The van der Waals surface area contributed by atoms with Crippen LogP contribution in [0.15, 0.2) is 78.4 Å². The van der Waals surface area contributed by atoms with E-state index < -0.39 is 17.7 Å². The van der Waals surface area contributed by atoms with Gasteiger partial charge in [-0.1, -0.05) is 42.5 Å². The van der Waals surface area contributed by atoms with Gasteiger partial charge in [-0.3, -0.25) is 14.5 Å². The Morgan fingerprint density at radius 3 is 2.34 bits per heavy atom. The standard InChI is InChI=1S/C27H23NO4/c29-22-12-6-9-19(16-22)24-23(26(31)27(32)28(24)21-10-2-1-3-11-21)25(30)20-14-13-17-7-4-5-8-18(17)15-20/h1-3,6,9-16,24,29-30H,4-5,7-8H2/b25-23-. The van der Waals surface area contributed by atoms with E-state index in [4.69, 9.17) is 0 Å². The zero-order valence-corrected chi connectivity index (χ0v) is 17.5. The second kappa shape index (κ2) is 8.00. The molecule has 0 saturated carbocycles. The van der Waals surface area contributed by atoms with E-state index in [1.807, 2.05) is 24.3 Å². The van der Waals surface area contributed by atoms with Crippen LogP contribution in [0.3, 0.4) is 0 Å². The molecular formula is C27H23NO4. The number of aromatic hydroxyl groups is 1. The first-order chi connectivity index (χ1) is 15.5. The van der Waals surface area contributed by atoms with Crippen LogP contribution in [0.5, 0.6) is 5.75 Å². The number of carbonyl (C=O) groups is 2. The lowest BCUT2D eigenvalue weighted by Crippen LogP contribution is -2.29. The Labute approximate surface area is 186 Å². The van der Waals surface area contributed by atoms with Gasteiger partial charge in [0.15, 0.2) is 0 Å². The molecule has 1 aliphatic carbocycles. The molecule has 1 aliphatic heterocycles. The van der Waals surface area contributed by atoms with Crippen LogP contribution >= 0.6 is 0 Å². The van der Waals surface area contributed by atoms with Crippen molar-refractivity contribution in [1.82, 2.24) is 0 Å². The van der Waals surface area contributed by atoms with Crippen molar-refractivity contribution in [2.45, 2.75) is 31.7 Å². The number of para-hydroxylation sites is 1. The number of ketones is 1. The summed E-state index contributed by atoms with van der Waals surface area (Å²) in [4.78, 5) is 27.7. The highest BCUT2D eigenvalue weighted by Gasteiger charge is 2.47. The number of rotatable bonds is 3. The molecule has 0 radical (unpaired) electrons. The number of aliphatic hydroxyl groups excluding tert-OH is 1. The number of benzene rings is 3. The second-order valence-corrected chi connectivity index (χ2v) is 8.29. The number of Topliss-reactive ketones (excluding diaryl/α,β-unsaturated/α-hetero) is 1. The van der Waals surface area contributed by atoms with Crippen molar-refractivity contribution in [2.75, 3.05) is 4.90 Å². The first kappa shape index (κ1) is 20.1. The summed E-state index contributed by atoms with van der Waals surface area (Å²) >= 11 is 0. The largest absolute Gasteiger partial charge is 0.508 e. The van der Waals surface area contributed by atoms with Crippen molar-refractivity contribution in [3.63, 3.8) is 0 Å². The molecule has 32 heavy (non-hydrogen) atoms. The average Bonchev–Trinajstić information content (AvgIpc) is 3.09. The molecule has 5 rings (SSSR count). The number of hydrogen-bond acceptors (Lipinski definition) is 4. The van der Waals surface area contributed by atoms with Gasteiger partial charge in [-0.15, -0.1) is 0 Å². The van der Waals surface area contributed by atoms with Gasteiger partial charge in [0.1, 0.15) is 11.5 Å². The van der Waals surface area contributed by atoms with Gasteiger partial charge in [-0.25, -0.2) is 0 Å². The fourth-order valence-corrected chi connectivity index (χ4v) is 4.73. The maximum atomic E-state index is 13.2. The first-order valence-corrected chi connectivity index (χ1v) is 10.8. The Bertz CT molecular complexity index is 1250. The summed E-state index contributed by atoms with van der Waals surface area (Å²) in [7, 11) is 0. The van der Waals surface area contributed by atoms with Crippen molar-refractivity contribution in [1.29, 1.82) is 0 Å². The minimum atomic E-state index is -0.847. The minimum Gasteiger partial charge on any atom is -0.508 e. The summed E-state index contributed by atoms with van der Waals surface area (Å²) in [6, 6.07) is 20.3. The van der Waals surface area contributed by atoms with Crippen molar-refractivity contribution in [3.8, 4) is 5.75 Å². The van der Waals surface area contributed by atoms with Crippen molar-refractivity contribution in [3.05, 3.63) is 101 Å². The van der Waals surface area contributed by atoms with Crippen LogP contribution in [0.25, 0.3) is 5.76 Å². The Kier molecular flexibility index (Phi) is 5.02. The highest BCUT2D eigenvalue weighted by molar-refractivity contribution is 6.51. The number of nitrogens with zero attached hydrogens (tertiary/aromatic N) is 1. The first-order valence-electron chi connectivity index (χ1n) is 10.8. The van der Waals surface area contributed by atoms with Crippen molar-refractivity contribution in [2.24, 2.45) is 0 Å². The molecule has 5 heteroatoms. The summed E-state index contributed by atoms with van der Waals surface area (Å²) in [6.45, 7) is 0. The molecule has 0 bridgehead atoms. The third-order valence-electron chi connectivity index (χ3n) is 6.29. The van der Waals surface area contributed by atoms with E-state index in [1.54, 1.807) is 36.4 Å². The minimum absolute atomic E-state index is 0.0231. The molecule has 2 aliphatic rings. The maximum Gasteiger partial charge on any atom is 0.300 e. The van der Waals surface area contributed by atoms with Crippen LogP contribution < -0.4 is 4.90 Å². The number of carbonyl (C=O) groups excluding carboxylic acids is 2. The smallest absolute Gasteiger partial charge is 0.300 e. The Hall–Kier alpha value is -3.86. The van der Waals surface area contributed by atoms with Crippen LogP contribution in [0.2, 0.25) is 0 Å². The van der Waals surface area contributed by atoms with E-state index in [9.17, 15) is 19.8 Å². The fraction of sp³-hybridized carbons (Fsp3) is 0.185. The van der Waals surface area contributed by atoms with Crippen LogP contribution in [0.4, 0.5) is 5.69 Å². The molecule has 1 amide bonds. The number of phenols is 1. The van der Waals surface area contributed by atoms with E-state index in [0.717, 1.165) is 25.7 Å². The van der Waals surface area contributed by atoms with Gasteiger partial charge >= 0.3 is 0 Å². The molecule has 1 fully saturated rings. The highest BCUT2D eigenvalue weighted by atomic mass is 16.3. The topological polar surface area (TPSA) is 77.8 Å². The van der Waals surface area contributed by atoms with Gasteiger partial charge in [0.05, 0.1) is 11.6 Å². The number of fused-ring (bicyclic) bond motifs is 1. The Balaban J connectivity index is 1.70. The second-order valence-electron chi connectivity index (χ2n) is 8.29. The van der Waals surface area contributed by atoms with E-state index in [-0.39, 0.29) is 17.1 Å². The van der Waals surface area contributed by atoms with Crippen LogP contribution in [-0.2, 0) is 22.4 Å². The molecule has 1 unspecified atom stereocenters. The predicted molar refractivity (Wildman–Crippen MR) is 122 cm³/mol. The summed E-state index contributed by atoms with van der Waals surface area (Å²) in [5.74, 6) is -1.61. The van der Waals surface area contributed by atoms with Gasteiger partial charge < -0.3 is 10.2 Å². The molecule has 5 nitrogen and oxygen atoms in total. The lowest BCUT2D eigenvalue weighted by Gasteiger charge is -2.25. The normalized spacial score (nSPS) is 19.8. The lowest BCUT2D eigenvalue weighted by atomic mass is 9.88. The third kappa shape index (κ3) is 3.36. The van der Waals surface area contributed by atoms with Gasteiger partial charge in [-0.05, 0) is 72.7 Å². The van der Waals surface area contributed by atoms with Gasteiger partial charge in [-0.2, -0.15) is 0 Å². The van der Waals surface area contributed by atoms with E-state index in [0.29, 0.717) is 16.8 Å². The van der Waals surface area contributed by atoms with Gasteiger partial charge in [0.25, 0.3) is 11.7 Å². The molecule has 2 N–H and O–H groups in total. The van der Waals surface area contributed by atoms with Gasteiger partial charge in [0, 0.05) is 11.3 Å². The number of anilines is 1. The highest BCUT2D eigenvalue weighted by Crippen LogP contribution is 2.43. The quantitative estimate of drug-likeness (QED) is 0.356. The fourth-order valence-electron chi connectivity index (χ4n) is 4.73. The van der Waals surface area contributed by atoms with Crippen LogP contribution in [0, 0.1) is 0 Å². The summed E-state index contributed by atoms with van der Waals surface area (Å²) < 4.78 is 0. The Morgan fingerprint density at radius 1 is 0.844 bits per heavy atom. The third-order valence-corrected chi connectivity index (χ3v) is 6.29. The average molecular weight is 425 g/mol. The molecule has 1 saturated heterocycles. The lowest BCUT2D eigenvalue weighted by molar-refractivity contribution is -0.132. The monoisotopic (exact) mass is 425 g/mol. The number of hydrogen-bond donors (Lipinski definition) is 2. The molecular weight excluding hydrogens is 402 g/mol. The zero-order valence-electron chi connectivity index (χ0n) is 17.5. The SMILES string of the molecule is O=C1C(=O)N(c2ccccc2)C(c2cccc(O)c2)/C1=C(/O)c1ccc2c(c1)CCCC2. The molecule has 0 spiro atoms. The molecule has 1 atom stereocenters. The summed E-state index contributed by atoms with van der Waals surface area (Å²) in [6.07, 6.45) is 4.19. The maximum absolute atomic E-state index is 13.2. The number of phenolic OH excluding ortho intramolecular Hbond substituents is 1. The number of aliphatic hydroxyl groups is 1.